The average molecular weight is 414 g/mol. The van der Waals surface area contributed by atoms with E-state index in [2.05, 4.69) is 10.3 Å². The molecule has 0 bridgehead atoms. The molecule has 0 saturated carbocycles. The lowest BCUT2D eigenvalue weighted by Gasteiger charge is -2.33. The van der Waals surface area contributed by atoms with Crippen LogP contribution in [0.15, 0.2) is 6.20 Å². The molecule has 2 aliphatic heterocycles. The fourth-order valence-corrected chi connectivity index (χ4v) is 4.07. The summed E-state index contributed by atoms with van der Waals surface area (Å²) in [6, 6.07) is 0. The lowest BCUT2D eigenvalue weighted by Crippen LogP contribution is -2.50. The molecule has 1 aromatic rings. The van der Waals surface area contributed by atoms with Gasteiger partial charge in [0.25, 0.3) is 5.91 Å². The maximum absolute atomic E-state index is 12.6. The zero-order chi connectivity index (χ0) is 16.4. The molecule has 2 aliphatic rings. The molecular formula is C14H25Cl2N5O3S. The van der Waals surface area contributed by atoms with E-state index in [0.29, 0.717) is 31.9 Å². The van der Waals surface area contributed by atoms with E-state index >= 15 is 0 Å². The molecular weight excluding hydrogens is 389 g/mol. The maximum atomic E-state index is 12.6. The second-order valence-corrected chi connectivity index (χ2v) is 8.09. The average Bonchev–Trinajstić information content (AvgIpc) is 2.85. The summed E-state index contributed by atoms with van der Waals surface area (Å²) >= 11 is 0. The van der Waals surface area contributed by atoms with Gasteiger partial charge in [-0.1, -0.05) is 0 Å². The van der Waals surface area contributed by atoms with Crippen molar-refractivity contribution < 1.29 is 13.2 Å². The highest BCUT2D eigenvalue weighted by atomic mass is 35.5. The van der Waals surface area contributed by atoms with Gasteiger partial charge in [-0.2, -0.15) is 4.31 Å². The Morgan fingerprint density at radius 1 is 1.16 bits per heavy atom. The monoisotopic (exact) mass is 413 g/mol. The molecule has 1 amide bonds. The number of sulfonamides is 1. The largest absolute Gasteiger partial charge is 0.335 e. The van der Waals surface area contributed by atoms with Crippen LogP contribution in [0.3, 0.4) is 0 Å². The van der Waals surface area contributed by atoms with Crippen molar-refractivity contribution in [1.82, 2.24) is 24.1 Å². The van der Waals surface area contributed by atoms with Gasteiger partial charge in [-0.05, 0) is 6.92 Å². The molecule has 1 saturated heterocycles. The van der Waals surface area contributed by atoms with E-state index in [9.17, 15) is 13.2 Å². The molecule has 8 nitrogen and oxygen atoms in total. The van der Waals surface area contributed by atoms with E-state index in [0.717, 1.165) is 31.9 Å². The Bertz CT molecular complexity index is 663. The Kier molecular flexibility index (Phi) is 8.14. The first-order valence-electron chi connectivity index (χ1n) is 8.05. The van der Waals surface area contributed by atoms with Gasteiger partial charge in [0.05, 0.1) is 5.75 Å². The van der Waals surface area contributed by atoms with Gasteiger partial charge in [0, 0.05) is 58.4 Å². The van der Waals surface area contributed by atoms with Gasteiger partial charge >= 0.3 is 0 Å². The third-order valence-electron chi connectivity index (χ3n) is 4.42. The third-order valence-corrected chi connectivity index (χ3v) is 6.30. The summed E-state index contributed by atoms with van der Waals surface area (Å²) in [5.74, 6) is 0.931. The van der Waals surface area contributed by atoms with Crippen molar-refractivity contribution in [2.75, 3.05) is 45.0 Å². The number of piperazine rings is 1. The molecule has 1 fully saturated rings. The fourth-order valence-electron chi connectivity index (χ4n) is 2.99. The zero-order valence-electron chi connectivity index (χ0n) is 14.2. The van der Waals surface area contributed by atoms with Crippen molar-refractivity contribution in [3.8, 4) is 0 Å². The second-order valence-electron chi connectivity index (χ2n) is 5.83. The predicted molar refractivity (Wildman–Crippen MR) is 100 cm³/mol. The molecule has 3 rings (SSSR count). The molecule has 1 aromatic heterocycles. The summed E-state index contributed by atoms with van der Waals surface area (Å²) < 4.78 is 27.2. The first kappa shape index (κ1) is 22.2. The number of rotatable bonds is 3. The number of carbonyl (C=O) groups excluding carboxylic acids is 1. The lowest BCUT2D eigenvalue weighted by molar-refractivity contribution is 0.0692. The molecule has 0 aliphatic carbocycles. The normalized spacial score (nSPS) is 18.5. The van der Waals surface area contributed by atoms with Crippen molar-refractivity contribution in [3.63, 3.8) is 0 Å². The van der Waals surface area contributed by atoms with Crippen molar-refractivity contribution in [2.45, 2.75) is 19.9 Å². The number of imidazole rings is 1. The highest BCUT2D eigenvalue weighted by Crippen LogP contribution is 2.13. The van der Waals surface area contributed by atoms with Crippen LogP contribution in [0.5, 0.6) is 0 Å². The Balaban J connectivity index is 0.00000156. The number of amides is 1. The van der Waals surface area contributed by atoms with E-state index in [1.54, 1.807) is 11.8 Å². The molecule has 0 spiro atoms. The molecule has 144 valence electrons. The van der Waals surface area contributed by atoms with Crippen molar-refractivity contribution in [3.05, 3.63) is 17.7 Å². The number of hydrogen-bond donors (Lipinski definition) is 1. The second kappa shape index (κ2) is 9.18. The minimum atomic E-state index is -3.17. The first-order valence-corrected chi connectivity index (χ1v) is 9.66. The summed E-state index contributed by atoms with van der Waals surface area (Å²) in [6.45, 7) is 5.77. The number of halogens is 2. The van der Waals surface area contributed by atoms with Gasteiger partial charge in [-0.3, -0.25) is 4.79 Å². The number of aromatic nitrogens is 2. The standard InChI is InChI=1S/C14H23N5O3S.2ClH/c1-2-23(21,22)19-9-7-17(8-10-19)14(20)12-11-18-6-5-15-4-3-13(18)16-12;;/h11,15H,2-10H2,1H3;2*1H. The van der Waals surface area contributed by atoms with Crippen molar-refractivity contribution in [1.29, 1.82) is 0 Å². The highest BCUT2D eigenvalue weighted by molar-refractivity contribution is 7.89. The van der Waals surface area contributed by atoms with Gasteiger partial charge in [0.1, 0.15) is 11.5 Å². The van der Waals surface area contributed by atoms with E-state index in [1.807, 2.05) is 10.8 Å². The lowest BCUT2D eigenvalue weighted by atomic mass is 10.3. The van der Waals surface area contributed by atoms with Gasteiger partial charge in [-0.15, -0.1) is 24.8 Å². The summed E-state index contributed by atoms with van der Waals surface area (Å²) in [7, 11) is -3.17. The molecule has 0 aromatic carbocycles. The fraction of sp³-hybridized carbons (Fsp3) is 0.714. The molecule has 1 N–H and O–H groups in total. The highest BCUT2D eigenvalue weighted by Gasteiger charge is 2.29. The minimum Gasteiger partial charge on any atom is -0.335 e. The van der Waals surface area contributed by atoms with Crippen LogP contribution < -0.4 is 5.32 Å². The van der Waals surface area contributed by atoms with Crippen molar-refractivity contribution >= 4 is 40.7 Å². The molecule has 11 heteroatoms. The van der Waals surface area contributed by atoms with E-state index in [4.69, 9.17) is 0 Å². The third kappa shape index (κ3) is 4.85. The first-order chi connectivity index (χ1) is 11.0. The van der Waals surface area contributed by atoms with Crippen LogP contribution in [-0.2, 0) is 23.0 Å². The van der Waals surface area contributed by atoms with Crippen LogP contribution in [0, 0.1) is 0 Å². The van der Waals surface area contributed by atoms with Gasteiger partial charge in [0.15, 0.2) is 0 Å². The molecule has 0 unspecified atom stereocenters. The zero-order valence-corrected chi connectivity index (χ0v) is 16.6. The molecule has 0 radical (unpaired) electrons. The van der Waals surface area contributed by atoms with Crippen molar-refractivity contribution in [2.24, 2.45) is 0 Å². The van der Waals surface area contributed by atoms with Crippen LogP contribution in [-0.4, -0.2) is 78.1 Å². The van der Waals surface area contributed by atoms with Crippen LogP contribution in [0.1, 0.15) is 23.2 Å². The maximum Gasteiger partial charge on any atom is 0.274 e. The van der Waals surface area contributed by atoms with Crippen LogP contribution in [0.2, 0.25) is 0 Å². The number of carbonyl (C=O) groups is 1. The predicted octanol–water partition coefficient (Wildman–Crippen LogP) is -0.0201. The van der Waals surface area contributed by atoms with Crippen LogP contribution >= 0.6 is 24.8 Å². The molecule has 25 heavy (non-hydrogen) atoms. The number of nitrogens with zero attached hydrogens (tertiary/aromatic N) is 4. The van der Waals surface area contributed by atoms with E-state index in [1.165, 1.54) is 4.31 Å². The number of nitrogens with one attached hydrogen (secondary N) is 1. The SMILES string of the molecule is CCS(=O)(=O)N1CCN(C(=O)c2cn3c(n2)CCNCC3)CC1.Cl.Cl. The Labute approximate surface area is 160 Å². The minimum absolute atomic E-state index is 0. The van der Waals surface area contributed by atoms with Crippen LogP contribution in [0.4, 0.5) is 0 Å². The molecule has 3 heterocycles. The Morgan fingerprint density at radius 3 is 2.48 bits per heavy atom. The summed E-state index contributed by atoms with van der Waals surface area (Å²) in [4.78, 5) is 18.8. The summed E-state index contributed by atoms with van der Waals surface area (Å²) in [6.07, 6.45) is 2.63. The van der Waals surface area contributed by atoms with Gasteiger partial charge < -0.3 is 14.8 Å². The van der Waals surface area contributed by atoms with E-state index in [-0.39, 0.29) is 36.5 Å². The topological polar surface area (TPSA) is 87.5 Å². The quantitative estimate of drug-likeness (QED) is 0.751. The smallest absolute Gasteiger partial charge is 0.274 e. The van der Waals surface area contributed by atoms with Crippen LogP contribution in [0.25, 0.3) is 0 Å². The van der Waals surface area contributed by atoms with E-state index < -0.39 is 10.0 Å². The number of hydrogen-bond acceptors (Lipinski definition) is 5. The Morgan fingerprint density at radius 2 is 1.84 bits per heavy atom. The van der Waals surface area contributed by atoms with Gasteiger partial charge in [0.2, 0.25) is 10.0 Å². The summed E-state index contributed by atoms with van der Waals surface area (Å²) in [5.41, 5.74) is 0.466. The van der Waals surface area contributed by atoms with Gasteiger partial charge in [-0.25, -0.2) is 13.4 Å². The number of fused-ring (bicyclic) bond motifs is 1. The summed E-state index contributed by atoms with van der Waals surface area (Å²) in [5, 5.41) is 3.30. The Hall–Kier alpha value is -0.870. The molecule has 0 atom stereocenters.